The number of carbonyl (C=O) groups excluding carboxylic acids is 1. The molecule has 0 atom stereocenters. The molecule has 150 valence electrons. The molecule has 2 N–H and O–H groups in total. The van der Waals surface area contributed by atoms with Gasteiger partial charge in [-0.05, 0) is 24.6 Å². The molecule has 1 aliphatic heterocycles. The minimum atomic E-state index is -3.18. The number of benzene rings is 1. The lowest BCUT2D eigenvalue weighted by Crippen LogP contribution is -2.51. The van der Waals surface area contributed by atoms with E-state index in [1.54, 1.807) is 29.2 Å². The smallest absolute Gasteiger partial charge is 0.414 e. The van der Waals surface area contributed by atoms with Crippen LogP contribution >= 0.6 is 11.6 Å². The highest BCUT2D eigenvalue weighted by Crippen LogP contribution is 2.15. The summed E-state index contributed by atoms with van der Waals surface area (Å²) in [7, 11) is -3.18. The molecule has 2 rings (SSSR count). The molecule has 27 heavy (non-hydrogen) atoms. The first-order valence-electron chi connectivity index (χ1n) is 8.07. The Morgan fingerprint density at radius 2 is 1.63 bits per heavy atom. The van der Waals surface area contributed by atoms with Crippen LogP contribution in [0.1, 0.15) is 23.7 Å². The van der Waals surface area contributed by atoms with Gasteiger partial charge < -0.3 is 15.1 Å². The molecule has 1 fully saturated rings. The minimum absolute atomic E-state index is 0.106. The number of sulfonamides is 1. The fraction of sp³-hybridized carbons (Fsp3) is 0.438. The third-order valence-electron chi connectivity index (χ3n) is 3.64. The number of piperazine rings is 1. The molecule has 9 nitrogen and oxygen atoms in total. The summed E-state index contributed by atoms with van der Waals surface area (Å²) in [5, 5.41) is 15.3. The zero-order valence-corrected chi connectivity index (χ0v) is 16.2. The molecule has 0 spiro atoms. The highest BCUT2D eigenvalue weighted by Gasteiger charge is 2.28. The molecule has 1 amide bonds. The van der Waals surface area contributed by atoms with Crippen LogP contribution in [0, 0.1) is 0 Å². The summed E-state index contributed by atoms with van der Waals surface area (Å²) in [6.45, 7) is 3.38. The zero-order valence-electron chi connectivity index (χ0n) is 14.7. The Morgan fingerprint density at radius 3 is 2.07 bits per heavy atom. The summed E-state index contributed by atoms with van der Waals surface area (Å²) in [5.74, 6) is -3.59. The van der Waals surface area contributed by atoms with Crippen LogP contribution in [0.5, 0.6) is 0 Å². The number of carbonyl (C=O) groups is 3. The van der Waals surface area contributed by atoms with E-state index in [-0.39, 0.29) is 11.7 Å². The van der Waals surface area contributed by atoms with Gasteiger partial charge in [0.2, 0.25) is 10.0 Å². The summed E-state index contributed by atoms with van der Waals surface area (Å²) < 4.78 is 25.4. The van der Waals surface area contributed by atoms with Crippen molar-refractivity contribution < 1.29 is 33.0 Å². The molecule has 11 heteroatoms. The van der Waals surface area contributed by atoms with Gasteiger partial charge in [-0.1, -0.05) is 24.6 Å². The molecule has 0 saturated carbocycles. The second-order valence-electron chi connectivity index (χ2n) is 5.63. The Balaban J connectivity index is 0.000000527. The van der Waals surface area contributed by atoms with Gasteiger partial charge in [-0.2, -0.15) is 4.31 Å². The van der Waals surface area contributed by atoms with Gasteiger partial charge in [-0.25, -0.2) is 18.0 Å². The topological polar surface area (TPSA) is 132 Å². The van der Waals surface area contributed by atoms with Gasteiger partial charge in [0.05, 0.1) is 5.75 Å². The number of aliphatic carboxylic acids is 2. The molecular formula is C16H21ClN2O7S. The van der Waals surface area contributed by atoms with Crippen molar-refractivity contribution in [3.05, 3.63) is 34.9 Å². The van der Waals surface area contributed by atoms with Crippen LogP contribution < -0.4 is 0 Å². The number of hydrogen-bond acceptors (Lipinski definition) is 5. The van der Waals surface area contributed by atoms with Crippen molar-refractivity contribution in [3.8, 4) is 0 Å². The first kappa shape index (κ1) is 22.9. The van der Waals surface area contributed by atoms with Gasteiger partial charge in [-0.15, -0.1) is 0 Å². The molecule has 0 aromatic heterocycles. The van der Waals surface area contributed by atoms with E-state index < -0.39 is 22.0 Å². The van der Waals surface area contributed by atoms with Crippen molar-refractivity contribution in [1.82, 2.24) is 9.21 Å². The average Bonchev–Trinajstić information content (AvgIpc) is 2.61. The van der Waals surface area contributed by atoms with Gasteiger partial charge in [0.25, 0.3) is 5.91 Å². The number of rotatable bonds is 4. The van der Waals surface area contributed by atoms with Crippen LogP contribution in [0.25, 0.3) is 0 Å². The quantitative estimate of drug-likeness (QED) is 0.694. The molecular weight excluding hydrogens is 400 g/mol. The summed E-state index contributed by atoms with van der Waals surface area (Å²) in [6, 6.07) is 6.80. The van der Waals surface area contributed by atoms with Crippen LogP contribution in [0.2, 0.25) is 5.02 Å². The predicted octanol–water partition coefficient (Wildman–Crippen LogP) is 0.993. The number of amides is 1. The molecule has 1 saturated heterocycles. The van der Waals surface area contributed by atoms with Gasteiger partial charge in [-0.3, -0.25) is 4.79 Å². The number of nitrogens with zero attached hydrogens (tertiary/aromatic N) is 2. The third-order valence-corrected chi connectivity index (χ3v) is 5.95. The van der Waals surface area contributed by atoms with Crippen LogP contribution in [0.4, 0.5) is 0 Å². The van der Waals surface area contributed by atoms with E-state index in [4.69, 9.17) is 31.4 Å². The van der Waals surface area contributed by atoms with Gasteiger partial charge in [0, 0.05) is 36.8 Å². The van der Waals surface area contributed by atoms with Crippen molar-refractivity contribution in [1.29, 1.82) is 0 Å². The number of halogens is 1. The first-order chi connectivity index (χ1) is 12.6. The SMILES string of the molecule is CCCS(=O)(=O)N1CCN(C(=O)c2cccc(Cl)c2)CC1.O=C(O)C(=O)O. The molecule has 1 aromatic rings. The van der Waals surface area contributed by atoms with Crippen molar-refractivity contribution in [2.24, 2.45) is 0 Å². The van der Waals surface area contributed by atoms with E-state index in [2.05, 4.69) is 0 Å². The maximum absolute atomic E-state index is 12.3. The predicted molar refractivity (Wildman–Crippen MR) is 98.3 cm³/mol. The van der Waals surface area contributed by atoms with Crippen LogP contribution in [0.3, 0.4) is 0 Å². The van der Waals surface area contributed by atoms with E-state index >= 15 is 0 Å². The van der Waals surface area contributed by atoms with E-state index in [0.29, 0.717) is 43.2 Å². The Morgan fingerprint density at radius 1 is 1.07 bits per heavy atom. The normalized spacial score (nSPS) is 14.8. The maximum atomic E-state index is 12.3. The molecule has 1 aromatic carbocycles. The molecule has 0 unspecified atom stereocenters. The van der Waals surface area contributed by atoms with Crippen molar-refractivity contribution >= 4 is 39.5 Å². The minimum Gasteiger partial charge on any atom is -0.473 e. The van der Waals surface area contributed by atoms with Gasteiger partial charge in [0.15, 0.2) is 0 Å². The fourth-order valence-corrected chi connectivity index (χ4v) is 4.04. The number of hydrogen-bond donors (Lipinski definition) is 2. The zero-order chi connectivity index (χ0) is 20.6. The molecule has 0 bridgehead atoms. The Hall–Kier alpha value is -2.17. The van der Waals surface area contributed by atoms with Crippen molar-refractivity contribution in [2.45, 2.75) is 13.3 Å². The Bertz CT molecular complexity index is 778. The summed E-state index contributed by atoms with van der Waals surface area (Å²) in [4.78, 5) is 32.2. The monoisotopic (exact) mass is 420 g/mol. The van der Waals surface area contributed by atoms with E-state index in [1.165, 1.54) is 4.31 Å². The van der Waals surface area contributed by atoms with E-state index in [9.17, 15) is 13.2 Å². The highest BCUT2D eigenvalue weighted by molar-refractivity contribution is 7.89. The molecule has 1 heterocycles. The van der Waals surface area contributed by atoms with Crippen LogP contribution in [0.15, 0.2) is 24.3 Å². The first-order valence-corrected chi connectivity index (χ1v) is 10.1. The number of carboxylic acids is 2. The maximum Gasteiger partial charge on any atom is 0.414 e. The lowest BCUT2D eigenvalue weighted by molar-refractivity contribution is -0.159. The van der Waals surface area contributed by atoms with Crippen molar-refractivity contribution in [3.63, 3.8) is 0 Å². The van der Waals surface area contributed by atoms with Gasteiger partial charge in [0.1, 0.15) is 0 Å². The van der Waals surface area contributed by atoms with Gasteiger partial charge >= 0.3 is 11.9 Å². The van der Waals surface area contributed by atoms with E-state index in [0.717, 1.165) is 0 Å². The van der Waals surface area contributed by atoms with Crippen molar-refractivity contribution in [2.75, 3.05) is 31.9 Å². The largest absolute Gasteiger partial charge is 0.473 e. The summed E-state index contributed by atoms with van der Waals surface area (Å²) in [6.07, 6.45) is 0.601. The summed E-state index contributed by atoms with van der Waals surface area (Å²) in [5.41, 5.74) is 0.535. The Kier molecular flexibility index (Phi) is 8.67. The highest BCUT2D eigenvalue weighted by atomic mass is 35.5. The Labute approximate surface area is 162 Å². The second-order valence-corrected chi connectivity index (χ2v) is 8.15. The summed E-state index contributed by atoms with van der Waals surface area (Å²) >= 11 is 5.89. The third kappa shape index (κ3) is 7.16. The fourth-order valence-electron chi connectivity index (χ4n) is 2.36. The molecule has 0 radical (unpaired) electrons. The number of carboxylic acid groups (broad SMARTS) is 2. The average molecular weight is 421 g/mol. The van der Waals surface area contributed by atoms with Crippen LogP contribution in [-0.4, -0.2) is 77.6 Å². The molecule has 0 aliphatic carbocycles. The standard InChI is InChI=1S/C14H19ClN2O3S.C2H2O4/c1-2-10-21(19,20)17-8-6-16(7-9-17)14(18)12-4-3-5-13(15)11-12;3-1(4)2(5)6/h3-5,11H,2,6-10H2,1H3;(H,3,4)(H,5,6). The lowest BCUT2D eigenvalue weighted by Gasteiger charge is -2.34. The lowest BCUT2D eigenvalue weighted by atomic mass is 10.2. The second kappa shape index (κ2) is 10.2. The van der Waals surface area contributed by atoms with E-state index in [1.807, 2.05) is 6.92 Å². The molecule has 1 aliphatic rings. The van der Waals surface area contributed by atoms with Crippen LogP contribution in [-0.2, 0) is 19.6 Å².